The Morgan fingerprint density at radius 1 is 0.453 bits per heavy atom. The number of alkyl halides is 12. The molecule has 0 fully saturated rings. The highest BCUT2D eigenvalue weighted by molar-refractivity contribution is 7.92. The fraction of sp³-hybridized carbons (Fsp3) is 0.222. The Hall–Kier alpha value is -10.3. The molecule has 556 valence electrons. The van der Waals surface area contributed by atoms with Crippen molar-refractivity contribution in [3.05, 3.63) is 296 Å². The molecule has 2 unspecified atom stereocenters. The van der Waals surface area contributed by atoms with Crippen LogP contribution in [-0.2, 0) is 88.7 Å². The van der Waals surface area contributed by atoms with Gasteiger partial charge in [0.05, 0.1) is 57.4 Å². The van der Waals surface area contributed by atoms with Gasteiger partial charge in [-0.05, 0) is 182 Å². The molecule has 0 aliphatic heterocycles. The van der Waals surface area contributed by atoms with Crippen molar-refractivity contribution >= 4 is 31.6 Å². The number of hydrogen-bond acceptors (Lipinski definition) is 10. The summed E-state index contributed by atoms with van der Waals surface area (Å²) < 4.78 is 326. The molecule has 0 radical (unpaired) electrons. The normalized spacial score (nSPS) is 16.7. The Morgan fingerprint density at radius 2 is 0.811 bits per heavy atom. The summed E-state index contributed by atoms with van der Waals surface area (Å²) in [7, 11) is -9.19. The minimum absolute atomic E-state index is 0.00696. The number of sulfone groups is 2. The molecule has 8 aromatic carbocycles. The maximum atomic E-state index is 14.6. The molecule has 106 heavy (non-hydrogen) atoms. The van der Waals surface area contributed by atoms with Crippen molar-refractivity contribution in [2.24, 2.45) is 0 Å². The van der Waals surface area contributed by atoms with Crippen LogP contribution in [0.5, 0.6) is 0 Å². The molecular weight excluding hydrogens is 1490 g/mol. The number of rotatable bonds is 18. The number of benzene rings is 8. The van der Waals surface area contributed by atoms with E-state index < -0.39 is 147 Å². The number of nitrogens with zero attached hydrogens (tertiary/aromatic N) is 4. The monoisotopic (exact) mass is 1540 g/mol. The molecule has 10 aromatic rings. The van der Waals surface area contributed by atoms with Crippen LogP contribution in [0.25, 0.3) is 11.4 Å². The van der Waals surface area contributed by atoms with Gasteiger partial charge in [0.1, 0.15) is 44.4 Å². The van der Waals surface area contributed by atoms with Crippen LogP contribution in [0.2, 0.25) is 0 Å². The molecule has 2 N–H and O–H groups in total. The van der Waals surface area contributed by atoms with E-state index in [1.54, 1.807) is 0 Å². The standard InChI is InChI=1S/2C36H25F9N2O5S/c37-25-10-14-27(15-11-25)53(50,51)33(17-16-31-22(18-33)19-47(46-31)26-12-4-21(5-13-26)32(48)49)23-6-8-24(9-7-23)34(35(40,41)42,36(43,44)45)52-20-28-29(38)2-1-3-30(28)39;37-25-10-14-27(15-11-25)53(50,51)33(17-16-31-22(18-33)19-46-47(31)26-12-4-21(5-13-26)32(48)49)23-6-8-24(9-7-23)34(35(40,41)42,36(43,44)45)52-20-28-29(38)2-1-3-30(28)39/h2*1-15,19H,16-18,20H2,(H,48,49). The first kappa shape index (κ1) is 76.8. The van der Waals surface area contributed by atoms with Gasteiger partial charge < -0.3 is 19.7 Å². The third kappa shape index (κ3) is 13.7. The number of aromatic nitrogens is 4. The summed E-state index contributed by atoms with van der Waals surface area (Å²) in [5.41, 5.74) is -13.6. The number of aryl methyl sites for hydroxylation is 1. The van der Waals surface area contributed by atoms with Gasteiger partial charge in [-0.15, -0.1) is 0 Å². The van der Waals surface area contributed by atoms with E-state index in [0.717, 1.165) is 84.9 Å². The highest BCUT2D eigenvalue weighted by Gasteiger charge is 2.75. The van der Waals surface area contributed by atoms with Gasteiger partial charge in [-0.2, -0.15) is 62.9 Å². The lowest BCUT2D eigenvalue weighted by Gasteiger charge is -2.39. The lowest BCUT2D eigenvalue weighted by atomic mass is 9.80. The zero-order valence-corrected chi connectivity index (χ0v) is 55.3. The number of carboxylic acid groups (broad SMARTS) is 2. The van der Waals surface area contributed by atoms with Gasteiger partial charge in [0.25, 0.3) is 11.2 Å². The Labute approximate surface area is 588 Å². The van der Waals surface area contributed by atoms with Gasteiger partial charge in [0.15, 0.2) is 19.7 Å². The molecule has 2 aliphatic carbocycles. The van der Waals surface area contributed by atoms with Crippen molar-refractivity contribution < 1.29 is 125 Å². The zero-order valence-electron chi connectivity index (χ0n) is 53.7. The van der Waals surface area contributed by atoms with E-state index in [9.17, 15) is 116 Å². The maximum absolute atomic E-state index is 14.6. The molecule has 0 saturated heterocycles. The third-order valence-electron chi connectivity index (χ3n) is 18.6. The van der Waals surface area contributed by atoms with Crippen LogP contribution >= 0.6 is 0 Å². The summed E-state index contributed by atoms with van der Waals surface area (Å²) in [6.45, 7) is -3.54. The Kier molecular flexibility index (Phi) is 20.4. The summed E-state index contributed by atoms with van der Waals surface area (Å²) in [4.78, 5) is 21.8. The number of ether oxygens (including phenoxy) is 2. The number of fused-ring (bicyclic) bond motifs is 2. The number of hydrogen-bond donors (Lipinski definition) is 2. The van der Waals surface area contributed by atoms with E-state index in [4.69, 9.17) is 0 Å². The molecule has 2 atom stereocenters. The predicted molar refractivity (Wildman–Crippen MR) is 338 cm³/mol. The fourth-order valence-electron chi connectivity index (χ4n) is 13.0. The van der Waals surface area contributed by atoms with Crippen LogP contribution in [-0.4, -0.2) is 83.3 Å². The van der Waals surface area contributed by atoms with Gasteiger partial charge in [-0.3, -0.25) is 0 Å². The van der Waals surface area contributed by atoms with Crippen LogP contribution < -0.4 is 0 Å². The van der Waals surface area contributed by atoms with Crippen LogP contribution in [0, 0.1) is 34.9 Å². The van der Waals surface area contributed by atoms with Gasteiger partial charge >= 0.3 is 36.6 Å². The SMILES string of the molecule is O=C(O)c1ccc(-n2cc3c(n2)CCC(c2ccc(C(OCc4c(F)cccc4F)(C(F)(F)F)C(F)(F)F)cc2)(S(=O)(=O)c2ccc(F)cc2)C3)cc1.O=C(O)c1ccc(-n2ncc3c2CCC(c2ccc(C(OCc4c(F)cccc4F)(C(F)(F)F)C(F)(F)F)cc2)(S(=O)(=O)c2ccc(F)cc2)C3)cc1. The second kappa shape index (κ2) is 28.2. The lowest BCUT2D eigenvalue weighted by Crippen LogP contribution is -2.56. The molecule has 14 nitrogen and oxygen atoms in total. The molecule has 2 aromatic heterocycles. The van der Waals surface area contributed by atoms with Gasteiger partial charge in [-0.25, -0.2) is 62.1 Å². The zero-order chi connectivity index (χ0) is 77.1. The minimum Gasteiger partial charge on any atom is -0.478 e. The molecule has 2 heterocycles. The van der Waals surface area contributed by atoms with Crippen molar-refractivity contribution in [3.8, 4) is 11.4 Å². The van der Waals surface area contributed by atoms with Crippen LogP contribution in [0.3, 0.4) is 0 Å². The third-order valence-corrected chi connectivity index (χ3v) is 23.6. The molecule has 12 rings (SSSR count). The highest BCUT2D eigenvalue weighted by Crippen LogP contribution is 2.57. The molecular formula is C72H50F18N4O10S2. The summed E-state index contributed by atoms with van der Waals surface area (Å²) >= 11 is 0. The van der Waals surface area contributed by atoms with Crippen molar-refractivity contribution in [1.29, 1.82) is 0 Å². The largest absolute Gasteiger partial charge is 0.478 e. The van der Waals surface area contributed by atoms with Crippen LogP contribution in [0.4, 0.5) is 79.0 Å². The van der Waals surface area contributed by atoms with Crippen molar-refractivity contribution in [2.75, 3.05) is 0 Å². The average Bonchev–Trinajstić information content (AvgIpc) is 1.41. The molecule has 0 bridgehead atoms. The first-order valence-corrected chi connectivity index (χ1v) is 34.0. The van der Waals surface area contributed by atoms with E-state index >= 15 is 0 Å². The highest BCUT2D eigenvalue weighted by atomic mass is 32.2. The summed E-state index contributed by atoms with van der Waals surface area (Å²) in [5.74, 6) is -9.65. The number of carbonyl (C=O) groups is 2. The maximum Gasteiger partial charge on any atom is 0.430 e. The van der Waals surface area contributed by atoms with Gasteiger partial charge in [0, 0.05) is 34.1 Å². The van der Waals surface area contributed by atoms with Gasteiger partial charge in [0.2, 0.25) is 0 Å². The van der Waals surface area contributed by atoms with Crippen LogP contribution in [0.1, 0.15) is 89.5 Å². The summed E-state index contributed by atoms with van der Waals surface area (Å²) in [5, 5.41) is 27.3. The first-order valence-electron chi connectivity index (χ1n) is 31.1. The Bertz CT molecular complexity index is 4910. The van der Waals surface area contributed by atoms with E-state index in [1.807, 2.05) is 0 Å². The van der Waals surface area contributed by atoms with E-state index in [0.29, 0.717) is 82.4 Å². The smallest absolute Gasteiger partial charge is 0.430 e. The number of carboxylic acids is 2. The predicted octanol–water partition coefficient (Wildman–Crippen LogP) is 16.8. The first-order chi connectivity index (χ1) is 49.6. The molecule has 0 amide bonds. The average molecular weight is 1540 g/mol. The lowest BCUT2D eigenvalue weighted by molar-refractivity contribution is -0.393. The molecule has 0 saturated carbocycles. The molecule has 0 spiro atoms. The number of aromatic carboxylic acids is 2. The quantitative estimate of drug-likeness (QED) is 0.0610. The van der Waals surface area contributed by atoms with Crippen molar-refractivity contribution in [3.63, 3.8) is 0 Å². The second-order valence-electron chi connectivity index (χ2n) is 24.5. The number of halogens is 18. The fourth-order valence-corrected chi connectivity index (χ4v) is 17.3. The van der Waals surface area contributed by atoms with Crippen molar-refractivity contribution in [2.45, 2.75) is 107 Å². The van der Waals surface area contributed by atoms with E-state index in [1.165, 1.54) is 70.3 Å². The minimum atomic E-state index is -6.23. The van der Waals surface area contributed by atoms with Crippen molar-refractivity contribution in [1.82, 2.24) is 19.6 Å². The Morgan fingerprint density at radius 3 is 1.18 bits per heavy atom. The second-order valence-corrected chi connectivity index (χ2v) is 29.0. The topological polar surface area (TPSA) is 197 Å². The summed E-state index contributed by atoms with van der Waals surface area (Å²) in [6.07, 6.45) is -23.5. The van der Waals surface area contributed by atoms with E-state index in [-0.39, 0.29) is 70.6 Å². The van der Waals surface area contributed by atoms with Crippen LogP contribution in [0.15, 0.2) is 204 Å². The molecule has 34 heteroatoms. The summed E-state index contributed by atoms with van der Waals surface area (Å²) in [6, 6.07) is 27.7. The van der Waals surface area contributed by atoms with E-state index in [2.05, 4.69) is 19.7 Å². The van der Waals surface area contributed by atoms with Gasteiger partial charge in [-0.1, -0.05) is 60.7 Å². The molecule has 2 aliphatic rings. The Balaban J connectivity index is 0.000000212.